The van der Waals surface area contributed by atoms with Gasteiger partial charge in [-0.3, -0.25) is 0 Å². The van der Waals surface area contributed by atoms with Crippen LogP contribution in [0.15, 0.2) is 0 Å². The maximum atomic E-state index is 5.75. The molecule has 1 aromatic rings. The zero-order valence-electron chi connectivity index (χ0n) is 9.21. The van der Waals surface area contributed by atoms with E-state index in [0.29, 0.717) is 6.54 Å². The van der Waals surface area contributed by atoms with Crippen molar-refractivity contribution in [2.75, 3.05) is 0 Å². The van der Waals surface area contributed by atoms with Crippen LogP contribution >= 0.6 is 0 Å². The number of nitrogens with two attached hydrogens (primary N) is 1. The molecule has 0 aromatic carbocycles. The van der Waals surface area contributed by atoms with E-state index in [1.54, 1.807) is 0 Å². The molecular formula is C12H19N3. The van der Waals surface area contributed by atoms with Gasteiger partial charge in [0.1, 0.15) is 5.82 Å². The second-order valence-electron chi connectivity index (χ2n) is 4.80. The lowest BCUT2D eigenvalue weighted by Gasteiger charge is -2.06. The van der Waals surface area contributed by atoms with Gasteiger partial charge in [-0.15, -0.1) is 0 Å². The van der Waals surface area contributed by atoms with E-state index in [-0.39, 0.29) is 0 Å². The minimum absolute atomic E-state index is 0.597. The normalized spacial score (nSPS) is 21.1. The predicted octanol–water partition coefficient (Wildman–Crippen LogP) is 1.95. The average Bonchev–Trinajstić information content (AvgIpc) is 2.94. The van der Waals surface area contributed by atoms with E-state index >= 15 is 0 Å². The fourth-order valence-electron chi connectivity index (χ4n) is 3.17. The summed E-state index contributed by atoms with van der Waals surface area (Å²) in [6.45, 7) is 1.74. The molecular weight excluding hydrogens is 186 g/mol. The number of hydrogen-bond acceptors (Lipinski definition) is 2. The standard InChI is InChI=1S/C12H19N3/c13-8-11-14-12(9-4-1-2-5-9)10-6-3-7-15(10)11/h9H,1-8,13H2. The molecule has 1 aliphatic heterocycles. The van der Waals surface area contributed by atoms with Gasteiger partial charge < -0.3 is 10.3 Å². The highest BCUT2D eigenvalue weighted by atomic mass is 15.1. The van der Waals surface area contributed by atoms with Gasteiger partial charge in [0, 0.05) is 18.2 Å². The van der Waals surface area contributed by atoms with E-state index in [1.165, 1.54) is 49.9 Å². The molecule has 82 valence electrons. The Morgan fingerprint density at radius 1 is 1.27 bits per heavy atom. The highest BCUT2D eigenvalue weighted by Crippen LogP contribution is 2.37. The van der Waals surface area contributed by atoms with E-state index in [0.717, 1.165) is 18.3 Å². The van der Waals surface area contributed by atoms with Gasteiger partial charge in [0.15, 0.2) is 0 Å². The molecule has 2 aliphatic rings. The molecule has 0 bridgehead atoms. The van der Waals surface area contributed by atoms with Crippen molar-refractivity contribution in [2.45, 2.75) is 57.5 Å². The molecule has 0 atom stereocenters. The summed E-state index contributed by atoms with van der Waals surface area (Å²) in [6.07, 6.45) is 7.95. The SMILES string of the molecule is NCc1nc(C2CCCC2)c2n1CCC2. The Bertz CT molecular complexity index is 361. The van der Waals surface area contributed by atoms with Crippen molar-refractivity contribution in [3.8, 4) is 0 Å². The average molecular weight is 205 g/mol. The zero-order chi connectivity index (χ0) is 10.3. The summed E-state index contributed by atoms with van der Waals surface area (Å²) in [5, 5.41) is 0. The van der Waals surface area contributed by atoms with Crippen molar-refractivity contribution < 1.29 is 0 Å². The first-order valence-electron chi connectivity index (χ1n) is 6.18. The smallest absolute Gasteiger partial charge is 0.123 e. The first kappa shape index (κ1) is 9.40. The highest BCUT2D eigenvalue weighted by molar-refractivity contribution is 5.24. The Morgan fingerprint density at radius 3 is 2.80 bits per heavy atom. The molecule has 0 spiro atoms. The number of hydrogen-bond donors (Lipinski definition) is 1. The minimum atomic E-state index is 0.597. The van der Waals surface area contributed by atoms with Crippen LogP contribution in [0.4, 0.5) is 0 Å². The highest BCUT2D eigenvalue weighted by Gasteiger charge is 2.27. The fourth-order valence-corrected chi connectivity index (χ4v) is 3.17. The third-order valence-corrected chi connectivity index (χ3v) is 3.90. The molecule has 0 saturated heterocycles. The molecule has 1 saturated carbocycles. The van der Waals surface area contributed by atoms with Gasteiger partial charge in [-0.2, -0.15) is 0 Å². The van der Waals surface area contributed by atoms with Crippen LogP contribution in [-0.4, -0.2) is 9.55 Å². The van der Waals surface area contributed by atoms with Crippen molar-refractivity contribution >= 4 is 0 Å². The first-order chi connectivity index (χ1) is 7.40. The number of fused-ring (bicyclic) bond motifs is 1. The molecule has 2 N–H and O–H groups in total. The molecule has 1 fully saturated rings. The van der Waals surface area contributed by atoms with Gasteiger partial charge in [-0.1, -0.05) is 12.8 Å². The molecule has 0 radical (unpaired) electrons. The molecule has 1 aliphatic carbocycles. The summed E-state index contributed by atoms with van der Waals surface area (Å²) < 4.78 is 2.37. The molecule has 3 rings (SSSR count). The number of imidazole rings is 1. The molecule has 3 nitrogen and oxygen atoms in total. The van der Waals surface area contributed by atoms with E-state index in [2.05, 4.69) is 4.57 Å². The molecule has 0 unspecified atom stereocenters. The Kier molecular flexibility index (Phi) is 2.28. The lowest BCUT2D eigenvalue weighted by atomic mass is 10.0. The maximum Gasteiger partial charge on any atom is 0.123 e. The topological polar surface area (TPSA) is 43.8 Å². The summed E-state index contributed by atoms with van der Waals surface area (Å²) in [6, 6.07) is 0. The number of nitrogens with zero attached hydrogens (tertiary/aromatic N) is 2. The molecule has 15 heavy (non-hydrogen) atoms. The van der Waals surface area contributed by atoms with E-state index < -0.39 is 0 Å². The van der Waals surface area contributed by atoms with Crippen LogP contribution in [0.5, 0.6) is 0 Å². The van der Waals surface area contributed by atoms with Crippen molar-refractivity contribution in [1.82, 2.24) is 9.55 Å². The van der Waals surface area contributed by atoms with Gasteiger partial charge >= 0.3 is 0 Å². The predicted molar refractivity (Wildman–Crippen MR) is 59.6 cm³/mol. The van der Waals surface area contributed by atoms with Gasteiger partial charge in [0.05, 0.1) is 12.2 Å². The first-order valence-corrected chi connectivity index (χ1v) is 6.18. The maximum absolute atomic E-state index is 5.75. The van der Waals surface area contributed by atoms with E-state index in [9.17, 15) is 0 Å². The second kappa shape index (κ2) is 3.63. The van der Waals surface area contributed by atoms with E-state index in [1.807, 2.05) is 0 Å². The zero-order valence-corrected chi connectivity index (χ0v) is 9.21. The van der Waals surface area contributed by atoms with Crippen molar-refractivity contribution in [2.24, 2.45) is 5.73 Å². The third kappa shape index (κ3) is 1.41. The molecule has 2 heterocycles. The molecule has 0 amide bonds. The van der Waals surface area contributed by atoms with Crippen LogP contribution in [0, 0.1) is 0 Å². The van der Waals surface area contributed by atoms with Crippen LogP contribution in [-0.2, 0) is 19.5 Å². The van der Waals surface area contributed by atoms with Crippen LogP contribution < -0.4 is 5.73 Å². The Labute approximate surface area is 90.7 Å². The number of aromatic nitrogens is 2. The summed E-state index contributed by atoms with van der Waals surface area (Å²) in [5.41, 5.74) is 8.65. The lowest BCUT2D eigenvalue weighted by molar-refractivity contribution is 0.677. The Morgan fingerprint density at radius 2 is 2.07 bits per heavy atom. The van der Waals surface area contributed by atoms with Crippen LogP contribution in [0.3, 0.4) is 0 Å². The van der Waals surface area contributed by atoms with Crippen molar-refractivity contribution in [3.63, 3.8) is 0 Å². The Balaban J connectivity index is 2.00. The van der Waals surface area contributed by atoms with Gasteiger partial charge in [-0.25, -0.2) is 4.98 Å². The quantitative estimate of drug-likeness (QED) is 0.802. The molecule has 3 heteroatoms. The van der Waals surface area contributed by atoms with Crippen LogP contribution in [0.25, 0.3) is 0 Å². The lowest BCUT2D eigenvalue weighted by Crippen LogP contribution is -2.06. The molecule has 1 aromatic heterocycles. The van der Waals surface area contributed by atoms with E-state index in [4.69, 9.17) is 10.7 Å². The van der Waals surface area contributed by atoms with Gasteiger partial charge in [0.2, 0.25) is 0 Å². The third-order valence-electron chi connectivity index (χ3n) is 3.90. The Hall–Kier alpha value is -0.830. The summed E-state index contributed by atoms with van der Waals surface area (Å²) in [4.78, 5) is 4.77. The largest absolute Gasteiger partial charge is 0.331 e. The monoisotopic (exact) mass is 205 g/mol. The van der Waals surface area contributed by atoms with Crippen molar-refractivity contribution in [3.05, 3.63) is 17.2 Å². The number of rotatable bonds is 2. The summed E-state index contributed by atoms with van der Waals surface area (Å²) in [5.74, 6) is 1.86. The summed E-state index contributed by atoms with van der Waals surface area (Å²) >= 11 is 0. The van der Waals surface area contributed by atoms with Gasteiger partial charge in [-0.05, 0) is 25.7 Å². The second-order valence-corrected chi connectivity index (χ2v) is 4.80. The van der Waals surface area contributed by atoms with Crippen molar-refractivity contribution in [1.29, 1.82) is 0 Å². The fraction of sp³-hybridized carbons (Fsp3) is 0.750. The van der Waals surface area contributed by atoms with Crippen LogP contribution in [0.1, 0.15) is 55.2 Å². The van der Waals surface area contributed by atoms with Crippen LogP contribution in [0.2, 0.25) is 0 Å². The summed E-state index contributed by atoms with van der Waals surface area (Å²) in [7, 11) is 0. The van der Waals surface area contributed by atoms with Gasteiger partial charge in [0.25, 0.3) is 0 Å². The minimum Gasteiger partial charge on any atom is -0.331 e.